The SMILES string of the molecule is Cc1ccc(C=Cc2nc3ccc(I)cc3c(=O)n2-c2ccc(C(=O)O)cc2)cc1. The van der Waals surface area contributed by atoms with Crippen molar-refractivity contribution in [1.82, 2.24) is 9.55 Å². The lowest BCUT2D eigenvalue weighted by atomic mass is 10.1. The molecule has 0 spiro atoms. The summed E-state index contributed by atoms with van der Waals surface area (Å²) >= 11 is 2.16. The van der Waals surface area contributed by atoms with E-state index in [1.54, 1.807) is 24.3 Å². The molecule has 148 valence electrons. The van der Waals surface area contributed by atoms with Crippen LogP contribution < -0.4 is 5.56 Å². The minimum absolute atomic E-state index is 0.159. The second-order valence-corrected chi connectivity index (χ2v) is 8.11. The Balaban J connectivity index is 1.92. The maximum Gasteiger partial charge on any atom is 0.335 e. The van der Waals surface area contributed by atoms with Gasteiger partial charge in [-0.25, -0.2) is 9.78 Å². The van der Waals surface area contributed by atoms with Gasteiger partial charge in [0, 0.05) is 3.57 Å². The zero-order chi connectivity index (χ0) is 21.3. The van der Waals surface area contributed by atoms with Crippen molar-refractivity contribution in [3.05, 3.63) is 103 Å². The van der Waals surface area contributed by atoms with Gasteiger partial charge in [0.2, 0.25) is 0 Å². The highest BCUT2D eigenvalue weighted by molar-refractivity contribution is 14.1. The number of nitrogens with zero attached hydrogens (tertiary/aromatic N) is 2. The van der Waals surface area contributed by atoms with Gasteiger partial charge >= 0.3 is 5.97 Å². The summed E-state index contributed by atoms with van der Waals surface area (Å²) in [5.74, 6) is -0.545. The predicted molar refractivity (Wildman–Crippen MR) is 127 cm³/mol. The van der Waals surface area contributed by atoms with E-state index in [-0.39, 0.29) is 11.1 Å². The van der Waals surface area contributed by atoms with Crippen LogP contribution in [-0.4, -0.2) is 20.6 Å². The molecule has 1 N–H and O–H groups in total. The van der Waals surface area contributed by atoms with Crippen molar-refractivity contribution >= 4 is 51.6 Å². The van der Waals surface area contributed by atoms with E-state index in [0.717, 1.165) is 9.13 Å². The number of hydrogen-bond acceptors (Lipinski definition) is 3. The Kier molecular flexibility index (Phi) is 5.50. The van der Waals surface area contributed by atoms with Crippen LogP contribution in [0.5, 0.6) is 0 Å². The first-order valence-corrected chi connectivity index (χ1v) is 10.3. The van der Waals surface area contributed by atoms with Crippen LogP contribution in [-0.2, 0) is 0 Å². The Labute approximate surface area is 186 Å². The summed E-state index contributed by atoms with van der Waals surface area (Å²) in [6.45, 7) is 2.03. The maximum absolute atomic E-state index is 13.3. The van der Waals surface area contributed by atoms with Crippen molar-refractivity contribution in [3.8, 4) is 5.69 Å². The molecule has 1 aromatic heterocycles. The van der Waals surface area contributed by atoms with E-state index in [1.807, 2.05) is 49.4 Å². The molecular formula is C24H17IN2O3. The number of aromatic carboxylic acids is 1. The lowest BCUT2D eigenvalue weighted by molar-refractivity contribution is 0.0697. The topological polar surface area (TPSA) is 72.2 Å². The van der Waals surface area contributed by atoms with Crippen LogP contribution in [0.3, 0.4) is 0 Å². The van der Waals surface area contributed by atoms with Crippen LogP contribution >= 0.6 is 22.6 Å². The molecule has 5 nitrogen and oxygen atoms in total. The first-order chi connectivity index (χ1) is 14.4. The van der Waals surface area contributed by atoms with Gasteiger partial charge in [0.15, 0.2) is 0 Å². The Hall–Kier alpha value is -3.26. The minimum Gasteiger partial charge on any atom is -0.478 e. The normalized spacial score (nSPS) is 11.3. The highest BCUT2D eigenvalue weighted by Crippen LogP contribution is 2.18. The molecule has 30 heavy (non-hydrogen) atoms. The molecule has 0 amide bonds. The molecule has 4 aromatic rings. The molecule has 0 fully saturated rings. The standard InChI is InChI=1S/C24H17IN2O3/c1-15-2-4-16(5-3-15)6-13-22-26-21-12-9-18(25)14-20(21)23(28)27(22)19-10-7-17(8-11-19)24(29)30/h2-14H,1H3,(H,29,30). The average Bonchev–Trinajstić information content (AvgIpc) is 2.74. The summed E-state index contributed by atoms with van der Waals surface area (Å²) in [4.78, 5) is 29.2. The summed E-state index contributed by atoms with van der Waals surface area (Å²) in [6.07, 6.45) is 3.70. The Bertz CT molecular complexity index is 1340. The van der Waals surface area contributed by atoms with Gasteiger partial charge in [-0.15, -0.1) is 0 Å². The lowest BCUT2D eigenvalue weighted by Crippen LogP contribution is -2.22. The van der Waals surface area contributed by atoms with E-state index in [2.05, 4.69) is 22.6 Å². The van der Waals surface area contributed by atoms with Gasteiger partial charge in [-0.3, -0.25) is 9.36 Å². The first-order valence-electron chi connectivity index (χ1n) is 9.23. The van der Waals surface area contributed by atoms with Gasteiger partial charge in [0.25, 0.3) is 5.56 Å². The van der Waals surface area contributed by atoms with Crippen LogP contribution in [0.4, 0.5) is 0 Å². The molecule has 0 aliphatic carbocycles. The number of benzene rings is 3. The van der Waals surface area contributed by atoms with Gasteiger partial charge in [0.1, 0.15) is 5.82 Å². The number of hydrogen-bond donors (Lipinski definition) is 1. The number of aryl methyl sites for hydroxylation is 1. The summed E-state index contributed by atoms with van der Waals surface area (Å²) in [5, 5.41) is 9.68. The molecule has 0 saturated carbocycles. The predicted octanol–water partition coefficient (Wildman–Crippen LogP) is 5.17. The molecule has 0 unspecified atom stereocenters. The molecule has 3 aromatic carbocycles. The lowest BCUT2D eigenvalue weighted by Gasteiger charge is -2.12. The summed E-state index contributed by atoms with van der Waals surface area (Å²) in [7, 11) is 0. The van der Waals surface area contributed by atoms with E-state index in [0.29, 0.717) is 22.4 Å². The molecule has 0 bridgehead atoms. The van der Waals surface area contributed by atoms with Gasteiger partial charge in [-0.2, -0.15) is 0 Å². The quantitative estimate of drug-likeness (QED) is 0.387. The Morgan fingerprint density at radius 3 is 2.37 bits per heavy atom. The maximum atomic E-state index is 13.3. The number of fused-ring (bicyclic) bond motifs is 1. The average molecular weight is 508 g/mol. The minimum atomic E-state index is -1.01. The Morgan fingerprint density at radius 1 is 1.00 bits per heavy atom. The monoisotopic (exact) mass is 508 g/mol. The molecular weight excluding hydrogens is 491 g/mol. The Morgan fingerprint density at radius 2 is 1.70 bits per heavy atom. The smallest absolute Gasteiger partial charge is 0.335 e. The van der Waals surface area contributed by atoms with Gasteiger partial charge in [-0.05, 0) is 83.6 Å². The fourth-order valence-corrected chi connectivity index (χ4v) is 3.63. The van der Waals surface area contributed by atoms with Crippen molar-refractivity contribution in [2.75, 3.05) is 0 Å². The summed E-state index contributed by atoms with van der Waals surface area (Å²) in [5.41, 5.74) is 3.28. The van der Waals surface area contributed by atoms with Crippen LogP contribution in [0.1, 0.15) is 27.3 Å². The van der Waals surface area contributed by atoms with Crippen molar-refractivity contribution in [2.24, 2.45) is 0 Å². The molecule has 0 atom stereocenters. The van der Waals surface area contributed by atoms with Crippen molar-refractivity contribution in [3.63, 3.8) is 0 Å². The molecule has 0 aliphatic heterocycles. The second kappa shape index (κ2) is 8.23. The zero-order valence-electron chi connectivity index (χ0n) is 16.0. The molecule has 0 radical (unpaired) electrons. The molecule has 4 rings (SSSR count). The number of aromatic nitrogens is 2. The first kappa shape index (κ1) is 20.0. The zero-order valence-corrected chi connectivity index (χ0v) is 18.2. The van der Waals surface area contributed by atoms with E-state index < -0.39 is 5.97 Å². The highest BCUT2D eigenvalue weighted by Gasteiger charge is 2.12. The molecule has 0 aliphatic rings. The van der Waals surface area contributed by atoms with Gasteiger partial charge in [0.05, 0.1) is 22.2 Å². The number of carboxylic acids is 1. The fourth-order valence-electron chi connectivity index (χ4n) is 3.14. The molecule has 6 heteroatoms. The van der Waals surface area contributed by atoms with Gasteiger partial charge < -0.3 is 5.11 Å². The van der Waals surface area contributed by atoms with Crippen LogP contribution in [0.25, 0.3) is 28.7 Å². The number of rotatable bonds is 4. The fraction of sp³-hybridized carbons (Fsp3) is 0.0417. The van der Waals surface area contributed by atoms with E-state index in [9.17, 15) is 9.59 Å². The summed E-state index contributed by atoms with van der Waals surface area (Å²) in [6, 6.07) is 19.8. The van der Waals surface area contributed by atoms with Crippen molar-refractivity contribution < 1.29 is 9.90 Å². The van der Waals surface area contributed by atoms with E-state index in [4.69, 9.17) is 10.1 Å². The third-order valence-electron chi connectivity index (χ3n) is 4.73. The molecule has 0 saturated heterocycles. The largest absolute Gasteiger partial charge is 0.478 e. The van der Waals surface area contributed by atoms with E-state index in [1.165, 1.54) is 22.3 Å². The van der Waals surface area contributed by atoms with Crippen LogP contribution in [0.15, 0.2) is 71.5 Å². The van der Waals surface area contributed by atoms with Crippen LogP contribution in [0, 0.1) is 10.5 Å². The van der Waals surface area contributed by atoms with E-state index >= 15 is 0 Å². The van der Waals surface area contributed by atoms with Crippen molar-refractivity contribution in [1.29, 1.82) is 0 Å². The van der Waals surface area contributed by atoms with Gasteiger partial charge in [-0.1, -0.05) is 35.9 Å². The third kappa shape index (κ3) is 4.04. The van der Waals surface area contributed by atoms with Crippen molar-refractivity contribution in [2.45, 2.75) is 6.92 Å². The highest BCUT2D eigenvalue weighted by atomic mass is 127. The number of carboxylic acid groups (broad SMARTS) is 1. The molecule has 1 heterocycles. The second-order valence-electron chi connectivity index (χ2n) is 6.87. The number of halogens is 1. The number of carbonyl (C=O) groups is 1. The third-order valence-corrected chi connectivity index (χ3v) is 5.40. The summed E-state index contributed by atoms with van der Waals surface area (Å²) < 4.78 is 2.45. The van der Waals surface area contributed by atoms with Crippen LogP contribution in [0.2, 0.25) is 0 Å².